The van der Waals surface area contributed by atoms with E-state index in [1.807, 2.05) is 36.4 Å². The monoisotopic (exact) mass is 496 g/mol. The molecule has 1 fully saturated rings. The van der Waals surface area contributed by atoms with E-state index in [9.17, 15) is 14.7 Å². The predicted octanol–water partition coefficient (Wildman–Crippen LogP) is 3.82. The molecule has 1 saturated heterocycles. The first-order chi connectivity index (χ1) is 16.9. The van der Waals surface area contributed by atoms with Crippen LogP contribution in [0.25, 0.3) is 0 Å². The number of carbonyl (C=O) groups excluding carboxylic acids is 1. The number of ether oxygens (including phenoxy) is 1. The number of rotatable bonds is 6. The quantitative estimate of drug-likeness (QED) is 0.558. The van der Waals surface area contributed by atoms with Gasteiger partial charge in [-0.05, 0) is 43.7 Å². The molecular weight excluding hydrogens is 468 g/mol. The molecule has 9 heteroatoms. The molecule has 2 aromatic heterocycles. The van der Waals surface area contributed by atoms with Crippen LogP contribution in [-0.4, -0.2) is 63.3 Å². The zero-order valence-corrected chi connectivity index (χ0v) is 20.6. The van der Waals surface area contributed by atoms with Gasteiger partial charge in [-0.15, -0.1) is 0 Å². The Morgan fingerprint density at radius 3 is 2.51 bits per heavy atom. The molecular formula is C26H29ClN4O4. The van der Waals surface area contributed by atoms with Crippen molar-refractivity contribution in [2.45, 2.75) is 26.4 Å². The molecule has 3 heterocycles. The fraction of sp³-hybridized carbons (Fsp3) is 0.346. The molecule has 0 unspecified atom stereocenters. The van der Waals surface area contributed by atoms with E-state index in [-0.39, 0.29) is 29.5 Å². The van der Waals surface area contributed by atoms with Gasteiger partial charge in [-0.3, -0.25) is 14.7 Å². The highest BCUT2D eigenvalue weighted by Gasteiger charge is 2.33. The summed E-state index contributed by atoms with van der Waals surface area (Å²) < 4.78 is 6.76. The topological polar surface area (TPSA) is 87.9 Å². The van der Waals surface area contributed by atoms with E-state index in [0.717, 1.165) is 11.3 Å². The number of nitrogens with zero attached hydrogens (tertiary/aromatic N) is 4. The Hall–Kier alpha value is -3.36. The fourth-order valence-corrected chi connectivity index (χ4v) is 4.72. The highest BCUT2D eigenvalue weighted by Crippen LogP contribution is 2.36. The summed E-state index contributed by atoms with van der Waals surface area (Å²) in [6.07, 6.45) is 1.34. The van der Waals surface area contributed by atoms with Crippen LogP contribution < -0.4 is 5.56 Å². The summed E-state index contributed by atoms with van der Waals surface area (Å²) in [6.45, 7) is 6.01. The van der Waals surface area contributed by atoms with Crippen molar-refractivity contribution in [3.8, 4) is 5.75 Å². The van der Waals surface area contributed by atoms with Crippen LogP contribution in [0.5, 0.6) is 5.75 Å². The van der Waals surface area contributed by atoms with Crippen molar-refractivity contribution in [1.82, 2.24) is 19.4 Å². The number of aryl methyl sites for hydroxylation is 1. The largest absolute Gasteiger partial charge is 0.507 e. The lowest BCUT2D eigenvalue weighted by atomic mass is 9.96. The van der Waals surface area contributed by atoms with Crippen LogP contribution in [0.15, 0.2) is 59.5 Å². The maximum absolute atomic E-state index is 13.9. The standard InChI is InChI=1S/C26H29ClN4O4/c1-3-35-26(34)30-14-12-29(13-15-30)24(20-9-4-5-10-21(20)27)23-22(32)16-18(2)31(25(23)33)17-19-8-6-7-11-28-19/h4-11,16,24,32H,3,12-15,17H2,1-2H3/t24-/m1/s1. The molecule has 8 nitrogen and oxygen atoms in total. The maximum atomic E-state index is 13.9. The zero-order chi connectivity index (χ0) is 24.9. The summed E-state index contributed by atoms with van der Waals surface area (Å²) in [5, 5.41) is 11.5. The van der Waals surface area contributed by atoms with Gasteiger partial charge in [-0.25, -0.2) is 4.79 Å². The predicted molar refractivity (Wildman–Crippen MR) is 134 cm³/mol. The van der Waals surface area contributed by atoms with E-state index in [1.54, 1.807) is 41.6 Å². The number of benzene rings is 1. The number of halogens is 1. The summed E-state index contributed by atoms with van der Waals surface area (Å²) in [5.41, 5.74) is 2.05. The first-order valence-corrected chi connectivity index (χ1v) is 12.0. The summed E-state index contributed by atoms with van der Waals surface area (Å²) in [6, 6.07) is 13.9. The van der Waals surface area contributed by atoms with Crippen LogP contribution in [-0.2, 0) is 11.3 Å². The van der Waals surface area contributed by atoms with Crippen molar-refractivity contribution in [1.29, 1.82) is 0 Å². The number of hydrogen-bond acceptors (Lipinski definition) is 6. The molecule has 1 aromatic carbocycles. The fourth-order valence-electron chi connectivity index (χ4n) is 4.48. The van der Waals surface area contributed by atoms with Gasteiger partial charge in [0.05, 0.1) is 30.5 Å². The van der Waals surface area contributed by atoms with Crippen molar-refractivity contribution in [3.63, 3.8) is 0 Å². The Kier molecular flexibility index (Phi) is 7.73. The molecule has 184 valence electrons. The lowest BCUT2D eigenvalue weighted by molar-refractivity contribution is 0.0709. The van der Waals surface area contributed by atoms with Gasteiger partial charge in [0.15, 0.2) is 0 Å². The number of hydrogen-bond donors (Lipinski definition) is 1. The molecule has 1 N–H and O–H groups in total. The smallest absolute Gasteiger partial charge is 0.409 e. The van der Waals surface area contributed by atoms with Crippen molar-refractivity contribution >= 4 is 17.7 Å². The molecule has 0 aliphatic carbocycles. The van der Waals surface area contributed by atoms with Crippen LogP contribution in [0.4, 0.5) is 4.79 Å². The Balaban J connectivity index is 1.76. The van der Waals surface area contributed by atoms with Crippen LogP contribution in [0.1, 0.15) is 35.5 Å². The molecule has 0 saturated carbocycles. The van der Waals surface area contributed by atoms with Crippen molar-refractivity contribution in [3.05, 3.63) is 92.6 Å². The zero-order valence-electron chi connectivity index (χ0n) is 19.9. The van der Waals surface area contributed by atoms with Crippen LogP contribution >= 0.6 is 11.6 Å². The highest BCUT2D eigenvalue weighted by molar-refractivity contribution is 6.31. The van der Waals surface area contributed by atoms with Crippen molar-refractivity contribution in [2.75, 3.05) is 32.8 Å². The van der Waals surface area contributed by atoms with E-state index in [2.05, 4.69) is 9.88 Å². The number of amides is 1. The van der Waals surface area contributed by atoms with Gasteiger partial charge in [0, 0.05) is 43.1 Å². The van der Waals surface area contributed by atoms with E-state index in [0.29, 0.717) is 43.5 Å². The third kappa shape index (κ3) is 5.33. The van der Waals surface area contributed by atoms with Gasteiger partial charge >= 0.3 is 6.09 Å². The summed E-state index contributed by atoms with van der Waals surface area (Å²) in [4.78, 5) is 34.1. The molecule has 1 atom stereocenters. The SMILES string of the molecule is CCOC(=O)N1CCN([C@H](c2ccccc2Cl)c2c(O)cc(C)n(Cc3ccccn3)c2=O)CC1. The molecule has 1 amide bonds. The molecule has 35 heavy (non-hydrogen) atoms. The minimum atomic E-state index is -0.587. The first kappa shape index (κ1) is 24.8. The van der Waals surface area contributed by atoms with Crippen LogP contribution in [0, 0.1) is 6.92 Å². The number of pyridine rings is 2. The van der Waals surface area contributed by atoms with Crippen molar-refractivity contribution in [2.24, 2.45) is 0 Å². The molecule has 1 aliphatic heterocycles. The van der Waals surface area contributed by atoms with Gasteiger partial charge in [-0.1, -0.05) is 35.9 Å². The Morgan fingerprint density at radius 2 is 1.86 bits per heavy atom. The second-order valence-electron chi connectivity index (χ2n) is 8.44. The Morgan fingerprint density at radius 1 is 1.14 bits per heavy atom. The second kappa shape index (κ2) is 10.9. The van der Waals surface area contributed by atoms with Gasteiger partial charge < -0.3 is 19.3 Å². The van der Waals surface area contributed by atoms with Crippen LogP contribution in [0.3, 0.4) is 0 Å². The average Bonchev–Trinajstić information content (AvgIpc) is 2.86. The maximum Gasteiger partial charge on any atom is 0.409 e. The number of aromatic nitrogens is 2. The van der Waals surface area contributed by atoms with Gasteiger partial charge in [-0.2, -0.15) is 0 Å². The van der Waals surface area contributed by atoms with Crippen LogP contribution in [0.2, 0.25) is 5.02 Å². The molecule has 3 aromatic rings. The normalized spacial score (nSPS) is 15.1. The number of aromatic hydroxyl groups is 1. The number of carbonyl (C=O) groups is 1. The second-order valence-corrected chi connectivity index (χ2v) is 8.85. The van der Waals surface area contributed by atoms with Crippen molar-refractivity contribution < 1.29 is 14.6 Å². The lowest BCUT2D eigenvalue weighted by Crippen LogP contribution is -2.50. The van der Waals surface area contributed by atoms with Gasteiger partial charge in [0.2, 0.25) is 0 Å². The minimum absolute atomic E-state index is 0.0810. The summed E-state index contributed by atoms with van der Waals surface area (Å²) in [5.74, 6) is -0.0810. The minimum Gasteiger partial charge on any atom is -0.507 e. The molecule has 4 rings (SSSR count). The van der Waals surface area contributed by atoms with E-state index < -0.39 is 6.04 Å². The third-order valence-electron chi connectivity index (χ3n) is 6.25. The molecule has 0 radical (unpaired) electrons. The van der Waals surface area contributed by atoms with E-state index in [4.69, 9.17) is 16.3 Å². The summed E-state index contributed by atoms with van der Waals surface area (Å²) in [7, 11) is 0. The molecule has 0 spiro atoms. The Bertz CT molecular complexity index is 1240. The van der Waals surface area contributed by atoms with Gasteiger partial charge in [0.1, 0.15) is 5.75 Å². The van der Waals surface area contributed by atoms with Gasteiger partial charge in [0.25, 0.3) is 5.56 Å². The Labute approximate surface area is 209 Å². The lowest BCUT2D eigenvalue weighted by Gasteiger charge is -2.39. The average molecular weight is 497 g/mol. The highest BCUT2D eigenvalue weighted by atomic mass is 35.5. The summed E-state index contributed by atoms with van der Waals surface area (Å²) >= 11 is 6.60. The number of piperazine rings is 1. The molecule has 0 bridgehead atoms. The van der Waals surface area contributed by atoms with E-state index in [1.165, 1.54) is 0 Å². The third-order valence-corrected chi connectivity index (χ3v) is 6.59. The first-order valence-electron chi connectivity index (χ1n) is 11.6. The molecule has 1 aliphatic rings. The van der Waals surface area contributed by atoms with E-state index >= 15 is 0 Å².